The van der Waals surface area contributed by atoms with Gasteiger partial charge in [-0.3, -0.25) is 28.1 Å². The molecule has 1 fully saturated rings. The first-order chi connectivity index (χ1) is 29.6. The SMILES string of the molecule is CCCCC/C=C\CC/C=C/C=C/C(=O)SCCNC(=O)CCNC(=O)[C@H](O)C(C)(C)COP(=O)([O-])OP(=O)([O-])OC[C@H]1O[C@@H](n2cnc3c(N)ncnc32)[C@H](O)[C@@H]1OP(=O)([O-])[O-]. The highest BCUT2D eigenvalue weighted by Crippen LogP contribution is 2.56. The van der Waals surface area contributed by atoms with Crippen LogP contribution in [0, 0.1) is 5.41 Å². The van der Waals surface area contributed by atoms with Gasteiger partial charge in [0.05, 0.1) is 27.4 Å². The minimum atomic E-state index is -5.92. The number of phosphoric acid groups is 3. The van der Waals surface area contributed by atoms with Crippen LogP contribution < -0.4 is 35.9 Å². The van der Waals surface area contributed by atoms with Crippen LogP contribution in [0.15, 0.2) is 49.1 Å². The number of carbonyl (C=O) groups is 3. The zero-order valence-electron chi connectivity index (χ0n) is 34.6. The Morgan fingerprint density at radius 1 is 1.00 bits per heavy atom. The smallest absolute Gasteiger partial charge is 0.274 e. The molecule has 0 spiro atoms. The third-order valence-corrected chi connectivity index (χ3v) is 12.7. The second kappa shape index (κ2) is 25.5. The zero-order valence-corrected chi connectivity index (χ0v) is 38.1. The third kappa shape index (κ3) is 19.0. The summed E-state index contributed by atoms with van der Waals surface area (Å²) < 4.78 is 60.7. The van der Waals surface area contributed by atoms with Crippen LogP contribution in [0.25, 0.3) is 11.2 Å². The molecular formula is C35H52N7O17P3S-4. The van der Waals surface area contributed by atoms with E-state index in [2.05, 4.69) is 62.5 Å². The molecule has 6 N–H and O–H groups in total. The molecule has 0 aliphatic carbocycles. The van der Waals surface area contributed by atoms with Gasteiger partial charge in [-0.2, -0.15) is 0 Å². The quantitative estimate of drug-likeness (QED) is 0.0249. The lowest BCUT2D eigenvalue weighted by Crippen LogP contribution is -2.46. The van der Waals surface area contributed by atoms with Gasteiger partial charge in [0.15, 0.2) is 17.7 Å². The van der Waals surface area contributed by atoms with Crippen molar-refractivity contribution in [2.24, 2.45) is 5.41 Å². The molecule has 2 aromatic heterocycles. The van der Waals surface area contributed by atoms with E-state index in [4.69, 9.17) is 10.5 Å². The summed E-state index contributed by atoms with van der Waals surface area (Å²) in [5, 5.41) is 26.1. The first-order valence-corrected chi connectivity index (χ1v) is 24.9. The fraction of sp³-hybridized carbons (Fsp3) is 0.600. The molecule has 1 aliphatic heterocycles. The first kappa shape index (κ1) is 54.1. The lowest BCUT2D eigenvalue weighted by atomic mass is 9.87. The lowest BCUT2D eigenvalue weighted by molar-refractivity contribution is -0.347. The molecule has 2 unspecified atom stereocenters. The van der Waals surface area contributed by atoms with E-state index in [0.29, 0.717) is 5.75 Å². The van der Waals surface area contributed by atoms with E-state index in [1.54, 1.807) is 12.2 Å². The summed E-state index contributed by atoms with van der Waals surface area (Å²) in [5.74, 6) is -1.27. The van der Waals surface area contributed by atoms with Crippen molar-refractivity contribution in [2.75, 3.05) is 37.8 Å². The number of anilines is 1. The molecule has 28 heteroatoms. The van der Waals surface area contributed by atoms with Gasteiger partial charge in [0.2, 0.25) is 16.9 Å². The van der Waals surface area contributed by atoms with Crippen molar-refractivity contribution in [3.8, 4) is 0 Å². The van der Waals surface area contributed by atoms with E-state index >= 15 is 0 Å². The number of unbranched alkanes of at least 4 members (excludes halogenated alkanes) is 4. The standard InChI is InChI=1S/C35H56N7O17P3S/c1-4-5-6-7-8-9-10-11-12-13-14-15-26(44)63-19-18-37-25(43)16-17-38-33(47)30(46)35(2,3)21-56-62(53,54)59-61(51,52)55-20-24-29(58-60(48,49)50)28(45)34(57-24)42-23-41-27-31(36)39-22-40-32(27)42/h8-9,12-15,22-24,28-30,34,45-46H,4-7,10-11,16-21H2,1-3H3,(H,37,43)(H,38,47)(H,51,52)(H,53,54)(H2,36,39,40)(H2,48,49,50)/p-4/b9-8-,13-12+,15-14+/t24-,28-,29-,30+,34-/m1/s1. The maximum absolute atomic E-state index is 12.6. The molecular weight excluding hydrogens is 915 g/mol. The average Bonchev–Trinajstić information content (AvgIpc) is 3.76. The molecule has 2 amide bonds. The molecule has 354 valence electrons. The topological polar surface area (TPSA) is 375 Å². The van der Waals surface area contributed by atoms with Crippen molar-refractivity contribution >= 4 is 69.1 Å². The van der Waals surface area contributed by atoms with E-state index in [1.165, 1.54) is 39.2 Å². The number of ether oxygens (including phenoxy) is 1. The van der Waals surface area contributed by atoms with Gasteiger partial charge in [-0.1, -0.05) is 75.8 Å². The number of amides is 2. The van der Waals surface area contributed by atoms with Crippen LogP contribution in [0.4, 0.5) is 5.82 Å². The number of aliphatic hydroxyl groups is 2. The van der Waals surface area contributed by atoms with Gasteiger partial charge in [0, 0.05) is 30.7 Å². The van der Waals surface area contributed by atoms with Crippen LogP contribution >= 0.6 is 35.2 Å². The number of hydrogen-bond donors (Lipinski definition) is 5. The predicted molar refractivity (Wildman–Crippen MR) is 219 cm³/mol. The van der Waals surface area contributed by atoms with Crippen LogP contribution in [-0.4, -0.2) is 103 Å². The van der Waals surface area contributed by atoms with Crippen LogP contribution in [-0.2, 0) is 50.7 Å². The Morgan fingerprint density at radius 3 is 2.41 bits per heavy atom. The van der Waals surface area contributed by atoms with E-state index in [1.807, 2.05) is 6.08 Å². The van der Waals surface area contributed by atoms with Gasteiger partial charge >= 0.3 is 0 Å². The minimum Gasteiger partial charge on any atom is -0.790 e. The lowest BCUT2D eigenvalue weighted by Gasteiger charge is -2.36. The number of nitrogens with zero attached hydrogens (tertiary/aromatic N) is 4. The highest BCUT2D eigenvalue weighted by atomic mass is 32.2. The molecule has 63 heavy (non-hydrogen) atoms. The highest BCUT2D eigenvalue weighted by Gasteiger charge is 2.47. The Balaban J connectivity index is 1.39. The van der Waals surface area contributed by atoms with Crippen LogP contribution in [0.5, 0.6) is 0 Å². The number of thioether (sulfide) groups is 1. The maximum atomic E-state index is 12.6. The Morgan fingerprint density at radius 2 is 1.70 bits per heavy atom. The zero-order chi connectivity index (χ0) is 46.8. The molecule has 3 heterocycles. The largest absolute Gasteiger partial charge is 0.790 e. The fourth-order valence-electron chi connectivity index (χ4n) is 5.56. The predicted octanol–water partition coefficient (Wildman–Crippen LogP) is 0.166. The second-order valence-electron chi connectivity index (χ2n) is 14.5. The van der Waals surface area contributed by atoms with Crippen molar-refractivity contribution in [3.05, 3.63) is 49.1 Å². The summed E-state index contributed by atoms with van der Waals surface area (Å²) in [6.45, 7) is 2.22. The number of rotatable bonds is 28. The Hall–Kier alpha value is -3.22. The van der Waals surface area contributed by atoms with Gasteiger partial charge in [0.1, 0.15) is 36.3 Å². The molecule has 24 nitrogen and oxygen atoms in total. The highest BCUT2D eigenvalue weighted by molar-refractivity contribution is 8.14. The van der Waals surface area contributed by atoms with Crippen LogP contribution in [0.2, 0.25) is 0 Å². The second-order valence-corrected chi connectivity index (χ2v) is 19.6. The van der Waals surface area contributed by atoms with Crippen molar-refractivity contribution in [1.29, 1.82) is 0 Å². The van der Waals surface area contributed by atoms with Gasteiger partial charge in [-0.05, 0) is 31.8 Å². The number of phosphoric ester groups is 3. The molecule has 1 aliphatic rings. The number of nitrogens with two attached hydrogens (primary N) is 1. The van der Waals surface area contributed by atoms with E-state index in [0.717, 1.165) is 48.2 Å². The van der Waals surface area contributed by atoms with Gasteiger partial charge in [0.25, 0.3) is 15.6 Å². The van der Waals surface area contributed by atoms with Crippen molar-refractivity contribution in [2.45, 2.75) is 96.4 Å². The Kier molecular flexibility index (Phi) is 21.9. The monoisotopic (exact) mass is 967 g/mol. The number of fused-ring (bicyclic) bond motifs is 1. The van der Waals surface area contributed by atoms with E-state index in [-0.39, 0.29) is 41.6 Å². The van der Waals surface area contributed by atoms with E-state index < -0.39 is 84.6 Å². The summed E-state index contributed by atoms with van der Waals surface area (Å²) in [4.78, 5) is 96.4. The molecule has 3 rings (SSSR count). The normalized spacial score (nSPS) is 21.0. The fourth-order valence-corrected chi connectivity index (χ4v) is 8.87. The minimum absolute atomic E-state index is 0.0222. The number of allylic oxidation sites excluding steroid dienone is 5. The summed E-state index contributed by atoms with van der Waals surface area (Å²) in [7, 11) is -17.6. The van der Waals surface area contributed by atoms with Gasteiger partial charge in [-0.15, -0.1) is 0 Å². The Labute approximate surface area is 367 Å². The number of aliphatic hydroxyl groups excluding tert-OH is 2. The Bertz CT molecular complexity index is 2070. The number of carbonyl (C=O) groups excluding carboxylic acids is 3. The molecule has 1 saturated heterocycles. The first-order valence-electron chi connectivity index (χ1n) is 19.5. The summed E-state index contributed by atoms with van der Waals surface area (Å²) >= 11 is 1.01. The molecule has 0 radical (unpaired) electrons. The number of imidazole rings is 1. The number of hydrogen-bond acceptors (Lipinski definition) is 22. The van der Waals surface area contributed by atoms with Crippen LogP contribution in [0.1, 0.15) is 71.9 Å². The number of nitrogen functional groups attached to an aromatic ring is 1. The summed E-state index contributed by atoms with van der Waals surface area (Å²) in [5.41, 5.74) is 4.07. The van der Waals surface area contributed by atoms with E-state index in [9.17, 15) is 57.9 Å². The average molecular weight is 968 g/mol. The van der Waals surface area contributed by atoms with Crippen molar-refractivity contribution in [3.63, 3.8) is 0 Å². The van der Waals surface area contributed by atoms with Gasteiger partial charge < -0.3 is 69.0 Å². The molecule has 2 aromatic rings. The number of aromatic nitrogens is 4. The maximum Gasteiger partial charge on any atom is 0.274 e. The molecule has 0 saturated carbocycles. The van der Waals surface area contributed by atoms with Crippen LogP contribution in [0.3, 0.4) is 0 Å². The molecule has 7 atom stereocenters. The van der Waals surface area contributed by atoms with Crippen molar-refractivity contribution in [1.82, 2.24) is 30.2 Å². The summed E-state index contributed by atoms with van der Waals surface area (Å²) in [6.07, 6.45) is 10.1. The van der Waals surface area contributed by atoms with Crippen molar-refractivity contribution < 1.29 is 80.5 Å². The third-order valence-electron chi connectivity index (χ3n) is 8.84. The molecule has 0 aromatic carbocycles. The summed E-state index contributed by atoms with van der Waals surface area (Å²) in [6, 6.07) is 0. The number of nitrogens with one attached hydrogen (secondary N) is 2. The van der Waals surface area contributed by atoms with Gasteiger partial charge in [-0.25, -0.2) is 19.3 Å². The molecule has 0 bridgehead atoms.